The largest absolute Gasteiger partial charge is 0.381 e. The third-order valence-electron chi connectivity index (χ3n) is 8.00. The molecule has 0 spiro atoms. The molecule has 5 N–H and O–H groups in total. The van der Waals surface area contributed by atoms with Gasteiger partial charge in [-0.15, -0.1) is 11.6 Å². The quantitative estimate of drug-likeness (QED) is 0.0426. The molecule has 0 unspecified atom stereocenters. The predicted molar refractivity (Wildman–Crippen MR) is 219 cm³/mol. The van der Waals surface area contributed by atoms with Gasteiger partial charge in [0.1, 0.15) is 35.9 Å². The number of halogens is 7. The maximum absolute atomic E-state index is 14.1. The van der Waals surface area contributed by atoms with Gasteiger partial charge < -0.3 is 15.4 Å². The van der Waals surface area contributed by atoms with E-state index in [9.17, 15) is 18.4 Å². The van der Waals surface area contributed by atoms with Gasteiger partial charge in [0.05, 0.1) is 54.9 Å². The number of hydrogen-bond donors (Lipinski definition) is 4. The number of benzene rings is 4. The first-order valence-corrected chi connectivity index (χ1v) is 18.9. The Morgan fingerprint density at radius 1 is 0.661 bits per heavy atom. The number of Topliss-reactive ketones (excluding diaryl/α,β-unsaturated/α-hetero) is 2. The number of nitrogens with one attached hydrogen (secondary N) is 3. The van der Waals surface area contributed by atoms with E-state index < -0.39 is 11.6 Å². The first-order chi connectivity index (χ1) is 26.9. The van der Waals surface area contributed by atoms with Crippen LogP contribution in [0, 0.1) is 11.6 Å². The van der Waals surface area contributed by atoms with Gasteiger partial charge in [-0.05, 0) is 72.5 Å². The second-order valence-electron chi connectivity index (χ2n) is 12.2. The third-order valence-corrected chi connectivity index (χ3v) is 9.75. The molecular formula is C38H33Cl5F2N8O3. The van der Waals surface area contributed by atoms with Gasteiger partial charge >= 0.3 is 0 Å². The van der Waals surface area contributed by atoms with Crippen molar-refractivity contribution in [3.63, 3.8) is 0 Å². The Morgan fingerprint density at radius 2 is 1.11 bits per heavy atom. The summed E-state index contributed by atoms with van der Waals surface area (Å²) in [5.74, 6) is 4.61. The monoisotopic (exact) mass is 862 g/mol. The molecule has 2 aromatic heterocycles. The molecule has 6 aromatic rings. The summed E-state index contributed by atoms with van der Waals surface area (Å²) in [6.45, 7) is 2.07. The van der Waals surface area contributed by atoms with Crippen LogP contribution in [-0.4, -0.2) is 57.1 Å². The standard InChI is InChI=1S/C17H11Cl3FN3O.C17H14Cl2FN5O.C4H8O/c18-7-10(25)3-9-1-2-15-11(4-9)17(23-8-22-15)24-16-6-13(20)12(19)5-14(16)21;18-12-5-14(20)16(6-13(12)19)25-17-11-4-9(3-10(26)7-24-21)1-2-15(11)22-8-23-17;1-2-4-5-3-1/h1-2,4-6,8H,3,7H2,(H,22,23,24);1-2,4-6,8,24H,3,7,21H2,(H,22,23,25);1-4H2. The van der Waals surface area contributed by atoms with Gasteiger partial charge in [-0.1, -0.05) is 58.5 Å². The molecule has 3 heterocycles. The van der Waals surface area contributed by atoms with Crippen molar-refractivity contribution in [2.24, 2.45) is 5.84 Å². The Morgan fingerprint density at radius 3 is 1.52 bits per heavy atom. The van der Waals surface area contributed by atoms with Gasteiger partial charge in [-0.3, -0.25) is 20.9 Å². The molecule has 292 valence electrons. The number of carbonyl (C=O) groups is 2. The van der Waals surface area contributed by atoms with Crippen LogP contribution < -0.4 is 21.9 Å². The molecule has 7 rings (SSSR count). The van der Waals surface area contributed by atoms with Gasteiger partial charge in [0.2, 0.25) is 0 Å². The molecule has 4 aromatic carbocycles. The van der Waals surface area contributed by atoms with Crippen LogP contribution in [0.2, 0.25) is 20.1 Å². The minimum Gasteiger partial charge on any atom is -0.381 e. The van der Waals surface area contributed by atoms with E-state index in [1.165, 1.54) is 37.6 Å². The maximum atomic E-state index is 14.1. The molecule has 0 radical (unpaired) electrons. The lowest BCUT2D eigenvalue weighted by atomic mass is 10.1. The summed E-state index contributed by atoms with van der Waals surface area (Å²) >= 11 is 29.1. The average Bonchev–Trinajstić information content (AvgIpc) is 3.78. The molecule has 1 aliphatic heterocycles. The Balaban J connectivity index is 0.000000190. The van der Waals surface area contributed by atoms with E-state index in [-0.39, 0.29) is 68.3 Å². The highest BCUT2D eigenvalue weighted by Gasteiger charge is 2.14. The lowest BCUT2D eigenvalue weighted by Crippen LogP contribution is -2.29. The number of nitrogens with two attached hydrogens (primary N) is 1. The molecule has 0 aliphatic carbocycles. The number of anilines is 4. The number of hydrogen-bond acceptors (Lipinski definition) is 11. The molecule has 0 bridgehead atoms. The lowest BCUT2D eigenvalue weighted by Gasteiger charge is -2.11. The molecule has 1 saturated heterocycles. The average molecular weight is 865 g/mol. The van der Waals surface area contributed by atoms with E-state index in [1.807, 2.05) is 0 Å². The number of aromatic nitrogens is 4. The van der Waals surface area contributed by atoms with Gasteiger partial charge in [-0.25, -0.2) is 28.7 Å². The van der Waals surface area contributed by atoms with Gasteiger partial charge in [0, 0.05) is 36.8 Å². The Labute approximate surface area is 345 Å². The summed E-state index contributed by atoms with van der Waals surface area (Å²) in [4.78, 5) is 40.0. The van der Waals surface area contributed by atoms with Gasteiger partial charge in [0.15, 0.2) is 11.6 Å². The van der Waals surface area contributed by atoms with Crippen LogP contribution >= 0.6 is 58.0 Å². The number of nitrogens with zero attached hydrogens (tertiary/aromatic N) is 4. The van der Waals surface area contributed by atoms with Crippen LogP contribution in [0.25, 0.3) is 21.8 Å². The van der Waals surface area contributed by atoms with E-state index in [0.29, 0.717) is 33.4 Å². The third kappa shape index (κ3) is 11.9. The lowest BCUT2D eigenvalue weighted by molar-refractivity contribution is -0.118. The number of alkyl halides is 1. The van der Waals surface area contributed by atoms with Crippen molar-refractivity contribution in [2.75, 3.05) is 36.3 Å². The molecule has 18 heteroatoms. The van der Waals surface area contributed by atoms with E-state index >= 15 is 0 Å². The molecule has 1 aliphatic rings. The number of rotatable bonds is 11. The van der Waals surface area contributed by atoms with Crippen LogP contribution in [-0.2, 0) is 27.2 Å². The summed E-state index contributed by atoms with van der Waals surface area (Å²) in [5, 5.41) is 7.77. The normalized spacial score (nSPS) is 12.1. The highest BCUT2D eigenvalue weighted by atomic mass is 35.5. The number of ether oxygens (including phenoxy) is 1. The molecule has 0 saturated carbocycles. The maximum Gasteiger partial charge on any atom is 0.152 e. The molecule has 11 nitrogen and oxygen atoms in total. The van der Waals surface area contributed by atoms with Crippen LogP contribution in [0.4, 0.5) is 31.8 Å². The van der Waals surface area contributed by atoms with Crippen molar-refractivity contribution >= 4 is 114 Å². The summed E-state index contributed by atoms with van der Waals surface area (Å²) in [6.07, 6.45) is 5.69. The zero-order valence-corrected chi connectivity index (χ0v) is 33.1. The minimum atomic E-state index is -0.563. The van der Waals surface area contributed by atoms with Crippen molar-refractivity contribution in [3.8, 4) is 0 Å². The van der Waals surface area contributed by atoms with E-state index in [0.717, 1.165) is 36.5 Å². The highest BCUT2D eigenvalue weighted by Crippen LogP contribution is 2.33. The van der Waals surface area contributed by atoms with Crippen molar-refractivity contribution < 1.29 is 23.1 Å². The van der Waals surface area contributed by atoms with Crippen LogP contribution in [0.5, 0.6) is 0 Å². The molecule has 0 amide bonds. The Kier molecular flexibility index (Phi) is 15.9. The first kappa shape index (κ1) is 42.8. The van der Waals surface area contributed by atoms with E-state index in [1.54, 1.807) is 36.4 Å². The number of hydrazine groups is 1. The second-order valence-corrected chi connectivity index (χ2v) is 14.1. The van der Waals surface area contributed by atoms with E-state index in [4.69, 9.17) is 68.6 Å². The highest BCUT2D eigenvalue weighted by molar-refractivity contribution is 6.42. The zero-order chi connectivity index (χ0) is 40.2. The summed E-state index contributed by atoms with van der Waals surface area (Å²) in [5.41, 5.74) is 5.44. The molecular weight excluding hydrogens is 832 g/mol. The Bertz CT molecular complexity index is 2350. The Hall–Kier alpha value is -4.31. The van der Waals surface area contributed by atoms with Crippen molar-refractivity contribution in [2.45, 2.75) is 25.7 Å². The van der Waals surface area contributed by atoms with Gasteiger partial charge in [-0.2, -0.15) is 0 Å². The van der Waals surface area contributed by atoms with Crippen LogP contribution in [0.15, 0.2) is 73.3 Å². The fraction of sp³-hybridized carbons (Fsp3) is 0.211. The number of carbonyl (C=O) groups excluding carboxylic acids is 2. The molecule has 0 atom stereocenters. The smallest absolute Gasteiger partial charge is 0.152 e. The topological polar surface area (TPSA) is 157 Å². The fourth-order valence-corrected chi connectivity index (χ4v) is 6.03. The summed E-state index contributed by atoms with van der Waals surface area (Å²) in [6, 6.07) is 15.7. The molecule has 1 fully saturated rings. The van der Waals surface area contributed by atoms with Gasteiger partial charge in [0.25, 0.3) is 0 Å². The predicted octanol–water partition coefficient (Wildman–Crippen LogP) is 9.36. The van der Waals surface area contributed by atoms with Crippen molar-refractivity contribution in [1.82, 2.24) is 25.4 Å². The molecule has 56 heavy (non-hydrogen) atoms. The summed E-state index contributed by atoms with van der Waals surface area (Å²) < 4.78 is 33.2. The SMILES string of the molecule is C1CCOC1.NNCC(=O)Cc1ccc2ncnc(Nc3cc(Cl)c(Cl)cc3F)c2c1.O=C(CCl)Cc1ccc2ncnc(Nc3cc(Cl)c(Cl)cc3F)c2c1. The van der Waals surface area contributed by atoms with Crippen molar-refractivity contribution in [3.05, 3.63) is 116 Å². The zero-order valence-electron chi connectivity index (χ0n) is 29.3. The van der Waals surface area contributed by atoms with Crippen LogP contribution in [0.3, 0.4) is 0 Å². The number of ketones is 2. The minimum absolute atomic E-state index is 0.0527. The fourth-order valence-electron chi connectivity index (χ4n) is 5.31. The van der Waals surface area contributed by atoms with Crippen molar-refractivity contribution in [1.29, 1.82) is 0 Å². The summed E-state index contributed by atoms with van der Waals surface area (Å²) in [7, 11) is 0. The van der Waals surface area contributed by atoms with Crippen LogP contribution in [0.1, 0.15) is 24.0 Å². The second kappa shape index (κ2) is 20.7. The number of fused-ring (bicyclic) bond motifs is 2. The first-order valence-electron chi connectivity index (χ1n) is 16.9. The van der Waals surface area contributed by atoms with E-state index in [2.05, 4.69) is 36.0 Å².